The second-order valence-electron chi connectivity index (χ2n) is 4.68. The van der Waals surface area contributed by atoms with Gasteiger partial charge in [0.1, 0.15) is 18.2 Å². The van der Waals surface area contributed by atoms with Gasteiger partial charge in [-0.15, -0.1) is 0 Å². The van der Waals surface area contributed by atoms with Crippen LogP contribution in [0.5, 0.6) is 5.75 Å². The average molecular weight is 259 g/mol. The summed E-state index contributed by atoms with van der Waals surface area (Å²) in [6, 6.07) is 9.49. The summed E-state index contributed by atoms with van der Waals surface area (Å²) in [5.41, 5.74) is 2.04. The zero-order chi connectivity index (χ0) is 13.7. The number of halogens is 1. The molecule has 3 heteroatoms. The molecule has 0 aliphatic carbocycles. The molecular weight excluding hydrogens is 241 g/mol. The Morgan fingerprint density at radius 1 is 1.21 bits per heavy atom. The third-order valence-corrected chi connectivity index (χ3v) is 3.23. The van der Waals surface area contributed by atoms with Gasteiger partial charge in [-0.1, -0.05) is 26.0 Å². The molecule has 0 aliphatic heterocycles. The molecule has 0 N–H and O–H groups in total. The molecule has 100 valence electrons. The average Bonchev–Trinajstić information content (AvgIpc) is 2.45. The Morgan fingerprint density at radius 2 is 1.95 bits per heavy atom. The van der Waals surface area contributed by atoms with Crippen molar-refractivity contribution in [1.82, 2.24) is 4.98 Å². The van der Waals surface area contributed by atoms with E-state index in [9.17, 15) is 4.39 Å². The first kappa shape index (κ1) is 13.5. The van der Waals surface area contributed by atoms with E-state index >= 15 is 0 Å². The van der Waals surface area contributed by atoms with E-state index in [1.54, 1.807) is 6.20 Å². The summed E-state index contributed by atoms with van der Waals surface area (Å²) >= 11 is 0. The van der Waals surface area contributed by atoms with Crippen molar-refractivity contribution >= 4 is 0 Å². The SMILES string of the molecule is CCC(C)c1ccc(OCc2cncc(F)c2)cc1. The highest BCUT2D eigenvalue weighted by Crippen LogP contribution is 2.22. The number of benzene rings is 1. The molecule has 1 heterocycles. The van der Waals surface area contributed by atoms with Crippen LogP contribution in [0.3, 0.4) is 0 Å². The van der Waals surface area contributed by atoms with Gasteiger partial charge in [0.05, 0.1) is 6.20 Å². The molecule has 1 atom stereocenters. The molecular formula is C16H18FNO. The van der Waals surface area contributed by atoms with Crippen LogP contribution in [0.1, 0.15) is 37.3 Å². The van der Waals surface area contributed by atoms with Gasteiger partial charge in [0.15, 0.2) is 0 Å². The zero-order valence-electron chi connectivity index (χ0n) is 11.3. The molecule has 0 fully saturated rings. The van der Waals surface area contributed by atoms with Gasteiger partial charge in [-0.25, -0.2) is 4.39 Å². The normalized spacial score (nSPS) is 12.2. The molecule has 0 aliphatic rings. The molecule has 0 amide bonds. The lowest BCUT2D eigenvalue weighted by molar-refractivity contribution is 0.305. The van der Waals surface area contributed by atoms with E-state index in [0.29, 0.717) is 12.5 Å². The van der Waals surface area contributed by atoms with Gasteiger partial charge in [-0.05, 0) is 36.1 Å². The minimum atomic E-state index is -0.340. The largest absolute Gasteiger partial charge is 0.489 e. The van der Waals surface area contributed by atoms with Crippen LogP contribution in [-0.4, -0.2) is 4.98 Å². The van der Waals surface area contributed by atoms with E-state index in [0.717, 1.165) is 17.7 Å². The summed E-state index contributed by atoms with van der Waals surface area (Å²) in [5, 5.41) is 0. The quantitative estimate of drug-likeness (QED) is 0.798. The molecule has 1 unspecified atom stereocenters. The minimum absolute atomic E-state index is 0.327. The van der Waals surface area contributed by atoms with E-state index < -0.39 is 0 Å². The fourth-order valence-electron chi connectivity index (χ4n) is 1.83. The Labute approximate surface area is 113 Å². The molecule has 0 bridgehead atoms. The molecule has 1 aromatic carbocycles. The minimum Gasteiger partial charge on any atom is -0.489 e. The first-order valence-corrected chi connectivity index (χ1v) is 6.51. The summed E-state index contributed by atoms with van der Waals surface area (Å²) < 4.78 is 18.6. The van der Waals surface area contributed by atoms with Crippen molar-refractivity contribution in [2.75, 3.05) is 0 Å². The third kappa shape index (κ3) is 3.78. The number of hydrogen-bond donors (Lipinski definition) is 0. The van der Waals surface area contributed by atoms with E-state index in [4.69, 9.17) is 4.74 Å². The Kier molecular flexibility index (Phi) is 4.50. The van der Waals surface area contributed by atoms with Gasteiger partial charge in [0.2, 0.25) is 0 Å². The van der Waals surface area contributed by atoms with Gasteiger partial charge < -0.3 is 4.74 Å². The van der Waals surface area contributed by atoms with Gasteiger partial charge in [-0.3, -0.25) is 4.98 Å². The summed E-state index contributed by atoms with van der Waals surface area (Å²) in [6.45, 7) is 4.70. The van der Waals surface area contributed by atoms with Crippen molar-refractivity contribution in [2.24, 2.45) is 0 Å². The highest BCUT2D eigenvalue weighted by Gasteiger charge is 2.03. The van der Waals surface area contributed by atoms with Crippen molar-refractivity contribution in [1.29, 1.82) is 0 Å². The van der Waals surface area contributed by atoms with E-state index in [-0.39, 0.29) is 5.82 Å². The lowest BCUT2D eigenvalue weighted by Crippen LogP contribution is -1.97. The van der Waals surface area contributed by atoms with E-state index in [1.165, 1.54) is 17.8 Å². The Morgan fingerprint density at radius 3 is 2.58 bits per heavy atom. The topological polar surface area (TPSA) is 22.1 Å². The molecule has 1 aromatic heterocycles. The predicted octanol–water partition coefficient (Wildman–Crippen LogP) is 4.31. The summed E-state index contributed by atoms with van der Waals surface area (Å²) in [6.07, 6.45) is 3.91. The second-order valence-corrected chi connectivity index (χ2v) is 4.68. The number of nitrogens with zero attached hydrogens (tertiary/aromatic N) is 1. The van der Waals surface area contributed by atoms with Crippen LogP contribution in [0.25, 0.3) is 0 Å². The lowest BCUT2D eigenvalue weighted by atomic mass is 9.99. The number of rotatable bonds is 5. The maximum absolute atomic E-state index is 13.0. The fraction of sp³-hybridized carbons (Fsp3) is 0.312. The first-order chi connectivity index (χ1) is 9.19. The summed E-state index contributed by atoms with van der Waals surface area (Å²) in [5.74, 6) is 1.01. The maximum atomic E-state index is 13.0. The monoisotopic (exact) mass is 259 g/mol. The highest BCUT2D eigenvalue weighted by molar-refractivity contribution is 5.29. The van der Waals surface area contributed by atoms with Crippen LogP contribution in [0.2, 0.25) is 0 Å². The van der Waals surface area contributed by atoms with Gasteiger partial charge in [0.25, 0.3) is 0 Å². The van der Waals surface area contributed by atoms with Crippen LogP contribution >= 0.6 is 0 Å². The molecule has 0 saturated carbocycles. The van der Waals surface area contributed by atoms with Gasteiger partial charge >= 0.3 is 0 Å². The molecule has 2 rings (SSSR count). The lowest BCUT2D eigenvalue weighted by Gasteiger charge is -2.10. The van der Waals surface area contributed by atoms with Crippen LogP contribution < -0.4 is 4.74 Å². The Hall–Kier alpha value is -1.90. The van der Waals surface area contributed by atoms with Crippen LogP contribution in [0, 0.1) is 5.82 Å². The second kappa shape index (κ2) is 6.32. The highest BCUT2D eigenvalue weighted by atomic mass is 19.1. The zero-order valence-corrected chi connectivity index (χ0v) is 11.3. The van der Waals surface area contributed by atoms with Crippen molar-refractivity contribution < 1.29 is 9.13 Å². The number of aromatic nitrogens is 1. The van der Waals surface area contributed by atoms with Crippen LogP contribution in [-0.2, 0) is 6.61 Å². The van der Waals surface area contributed by atoms with Crippen LogP contribution in [0.4, 0.5) is 4.39 Å². The summed E-state index contributed by atoms with van der Waals surface area (Å²) in [4.78, 5) is 3.79. The standard InChI is InChI=1S/C16H18FNO/c1-3-12(2)14-4-6-16(7-5-14)19-11-13-8-15(17)10-18-9-13/h4-10,12H,3,11H2,1-2H3. The fourth-order valence-corrected chi connectivity index (χ4v) is 1.83. The Balaban J connectivity index is 1.96. The van der Waals surface area contributed by atoms with Crippen molar-refractivity contribution in [2.45, 2.75) is 32.8 Å². The van der Waals surface area contributed by atoms with Crippen molar-refractivity contribution in [3.8, 4) is 5.75 Å². The number of hydrogen-bond acceptors (Lipinski definition) is 2. The summed E-state index contributed by atoms with van der Waals surface area (Å²) in [7, 11) is 0. The van der Waals surface area contributed by atoms with E-state index in [1.807, 2.05) is 12.1 Å². The molecule has 2 nitrogen and oxygen atoms in total. The van der Waals surface area contributed by atoms with Crippen molar-refractivity contribution in [3.05, 3.63) is 59.7 Å². The number of pyridine rings is 1. The van der Waals surface area contributed by atoms with Gasteiger partial charge in [-0.2, -0.15) is 0 Å². The van der Waals surface area contributed by atoms with Gasteiger partial charge in [0, 0.05) is 11.8 Å². The number of ether oxygens (including phenoxy) is 1. The molecule has 0 spiro atoms. The first-order valence-electron chi connectivity index (χ1n) is 6.51. The van der Waals surface area contributed by atoms with Crippen LogP contribution in [0.15, 0.2) is 42.7 Å². The van der Waals surface area contributed by atoms with Crippen molar-refractivity contribution in [3.63, 3.8) is 0 Å². The molecule has 19 heavy (non-hydrogen) atoms. The Bertz CT molecular complexity index is 525. The smallest absolute Gasteiger partial charge is 0.141 e. The predicted molar refractivity (Wildman–Crippen MR) is 73.7 cm³/mol. The molecule has 0 radical (unpaired) electrons. The maximum Gasteiger partial charge on any atom is 0.141 e. The molecule has 0 saturated heterocycles. The molecule has 2 aromatic rings. The van der Waals surface area contributed by atoms with E-state index in [2.05, 4.69) is 31.0 Å². The third-order valence-electron chi connectivity index (χ3n) is 3.23.